The average molecular weight is 238 g/mol. The van der Waals surface area contributed by atoms with E-state index in [1.165, 1.54) is 19.3 Å². The number of carbonyl (C=O) groups is 2. The molecule has 4 nitrogen and oxygen atoms in total. The molecule has 2 N–H and O–H groups in total. The molecular weight excluding hydrogens is 216 g/mol. The second kappa shape index (κ2) is 5.63. The number of ketones is 1. The zero-order chi connectivity index (χ0) is 12.3. The fraction of sp³-hybridized carbons (Fsp3) is 0.846. The highest BCUT2D eigenvalue weighted by Crippen LogP contribution is 2.25. The lowest BCUT2D eigenvalue weighted by atomic mass is 9.86. The molecule has 0 radical (unpaired) electrons. The van der Waals surface area contributed by atoms with Gasteiger partial charge in [0.05, 0.1) is 12.5 Å². The van der Waals surface area contributed by atoms with Crippen LogP contribution in [-0.4, -0.2) is 36.2 Å². The summed E-state index contributed by atoms with van der Waals surface area (Å²) in [5, 5.41) is 0. The van der Waals surface area contributed by atoms with Gasteiger partial charge in [-0.05, 0) is 25.8 Å². The van der Waals surface area contributed by atoms with E-state index in [1.54, 1.807) is 0 Å². The van der Waals surface area contributed by atoms with Gasteiger partial charge >= 0.3 is 0 Å². The van der Waals surface area contributed by atoms with Crippen LogP contribution in [0.2, 0.25) is 0 Å². The number of primary amides is 1. The lowest BCUT2D eigenvalue weighted by Gasteiger charge is -2.23. The minimum Gasteiger partial charge on any atom is -0.369 e. The van der Waals surface area contributed by atoms with Gasteiger partial charge < -0.3 is 5.73 Å². The van der Waals surface area contributed by atoms with Crippen LogP contribution in [0, 0.1) is 11.8 Å². The molecule has 1 saturated carbocycles. The van der Waals surface area contributed by atoms with Crippen molar-refractivity contribution in [1.82, 2.24) is 4.90 Å². The van der Waals surface area contributed by atoms with Crippen molar-refractivity contribution in [3.63, 3.8) is 0 Å². The number of carbonyl (C=O) groups excluding carboxylic acids is 2. The van der Waals surface area contributed by atoms with Gasteiger partial charge in [0.1, 0.15) is 5.78 Å². The molecule has 1 heterocycles. The number of nitrogens with two attached hydrogens (primary N) is 1. The number of nitrogens with zero attached hydrogens (tertiary/aromatic N) is 1. The highest BCUT2D eigenvalue weighted by Gasteiger charge is 2.29. The van der Waals surface area contributed by atoms with E-state index in [-0.39, 0.29) is 17.7 Å². The van der Waals surface area contributed by atoms with Crippen molar-refractivity contribution in [3.8, 4) is 0 Å². The summed E-state index contributed by atoms with van der Waals surface area (Å²) in [6.45, 7) is 2.04. The van der Waals surface area contributed by atoms with Crippen LogP contribution in [-0.2, 0) is 9.59 Å². The van der Waals surface area contributed by atoms with E-state index < -0.39 is 0 Å². The molecule has 1 aliphatic carbocycles. The lowest BCUT2D eigenvalue weighted by Crippen LogP contribution is -2.34. The molecule has 96 valence electrons. The van der Waals surface area contributed by atoms with Crippen LogP contribution in [0.15, 0.2) is 0 Å². The van der Waals surface area contributed by atoms with E-state index in [0.29, 0.717) is 18.9 Å². The second-order valence-corrected chi connectivity index (χ2v) is 5.42. The topological polar surface area (TPSA) is 63.4 Å². The quantitative estimate of drug-likeness (QED) is 0.793. The third-order valence-corrected chi connectivity index (χ3v) is 4.11. The van der Waals surface area contributed by atoms with E-state index in [0.717, 1.165) is 25.8 Å². The standard InChI is InChI=1S/C13H22N2O2/c14-13(17)11-6-7-15(8-11)9-12(16)10-4-2-1-3-5-10/h10-11H,1-9H2,(H2,14,17). The fourth-order valence-corrected chi connectivity index (χ4v) is 2.98. The first-order chi connectivity index (χ1) is 8.16. The van der Waals surface area contributed by atoms with Crippen LogP contribution in [0.3, 0.4) is 0 Å². The Labute approximate surface area is 103 Å². The summed E-state index contributed by atoms with van der Waals surface area (Å²) < 4.78 is 0. The summed E-state index contributed by atoms with van der Waals surface area (Å²) >= 11 is 0. The number of hydrogen-bond donors (Lipinski definition) is 1. The number of Topliss-reactive ketones (excluding diaryl/α,β-unsaturated/α-hetero) is 1. The number of hydrogen-bond acceptors (Lipinski definition) is 3. The summed E-state index contributed by atoms with van der Waals surface area (Å²) in [4.78, 5) is 25.2. The van der Waals surface area contributed by atoms with Crippen molar-refractivity contribution in [2.75, 3.05) is 19.6 Å². The van der Waals surface area contributed by atoms with Crippen LogP contribution in [0.4, 0.5) is 0 Å². The van der Waals surface area contributed by atoms with E-state index >= 15 is 0 Å². The molecule has 1 aliphatic heterocycles. The summed E-state index contributed by atoms with van der Waals surface area (Å²) in [6.07, 6.45) is 6.60. The fourth-order valence-electron chi connectivity index (χ4n) is 2.98. The molecule has 0 bridgehead atoms. The summed E-state index contributed by atoms with van der Waals surface area (Å²) in [5.74, 6) is 0.373. The predicted molar refractivity (Wildman–Crippen MR) is 65.3 cm³/mol. The lowest BCUT2D eigenvalue weighted by molar-refractivity contribution is -0.125. The largest absolute Gasteiger partial charge is 0.369 e. The van der Waals surface area contributed by atoms with Crippen LogP contribution in [0.1, 0.15) is 38.5 Å². The Morgan fingerprint density at radius 2 is 1.76 bits per heavy atom. The molecule has 17 heavy (non-hydrogen) atoms. The Hall–Kier alpha value is -0.900. The zero-order valence-electron chi connectivity index (χ0n) is 10.4. The third-order valence-electron chi connectivity index (χ3n) is 4.11. The Bertz CT molecular complexity index is 298. The normalized spacial score (nSPS) is 27.2. The van der Waals surface area contributed by atoms with Crippen molar-refractivity contribution >= 4 is 11.7 Å². The van der Waals surface area contributed by atoms with Gasteiger partial charge in [0, 0.05) is 12.5 Å². The Kier molecular flexibility index (Phi) is 4.15. The van der Waals surface area contributed by atoms with E-state index in [2.05, 4.69) is 4.90 Å². The van der Waals surface area contributed by atoms with Crippen LogP contribution in [0.5, 0.6) is 0 Å². The van der Waals surface area contributed by atoms with Gasteiger partial charge in [-0.1, -0.05) is 19.3 Å². The number of likely N-dealkylation sites (tertiary alicyclic amines) is 1. The van der Waals surface area contributed by atoms with E-state index in [1.807, 2.05) is 0 Å². The highest BCUT2D eigenvalue weighted by molar-refractivity contribution is 5.83. The zero-order valence-corrected chi connectivity index (χ0v) is 10.4. The van der Waals surface area contributed by atoms with Crippen molar-refractivity contribution in [3.05, 3.63) is 0 Å². The van der Waals surface area contributed by atoms with Crippen LogP contribution >= 0.6 is 0 Å². The van der Waals surface area contributed by atoms with Crippen molar-refractivity contribution in [2.45, 2.75) is 38.5 Å². The maximum Gasteiger partial charge on any atom is 0.221 e. The predicted octanol–water partition coefficient (Wildman–Crippen LogP) is 0.943. The van der Waals surface area contributed by atoms with Crippen molar-refractivity contribution in [1.29, 1.82) is 0 Å². The smallest absolute Gasteiger partial charge is 0.221 e. The average Bonchev–Trinajstić information content (AvgIpc) is 2.79. The summed E-state index contributed by atoms with van der Waals surface area (Å²) in [6, 6.07) is 0. The minimum atomic E-state index is -0.224. The van der Waals surface area contributed by atoms with Gasteiger partial charge in [-0.3, -0.25) is 14.5 Å². The van der Waals surface area contributed by atoms with Gasteiger partial charge in [0.2, 0.25) is 5.91 Å². The van der Waals surface area contributed by atoms with E-state index in [9.17, 15) is 9.59 Å². The highest BCUT2D eigenvalue weighted by atomic mass is 16.1. The van der Waals surface area contributed by atoms with Crippen LogP contribution in [0.25, 0.3) is 0 Å². The maximum absolute atomic E-state index is 12.1. The van der Waals surface area contributed by atoms with Crippen molar-refractivity contribution < 1.29 is 9.59 Å². The van der Waals surface area contributed by atoms with Gasteiger partial charge in [-0.25, -0.2) is 0 Å². The SMILES string of the molecule is NC(=O)C1CCN(CC(=O)C2CCCCC2)C1. The minimum absolute atomic E-state index is 0.0471. The molecule has 2 rings (SSSR count). The first-order valence-corrected chi connectivity index (χ1v) is 6.71. The molecule has 0 spiro atoms. The first-order valence-electron chi connectivity index (χ1n) is 6.71. The molecule has 2 aliphatic rings. The van der Waals surface area contributed by atoms with Gasteiger partial charge in [0.15, 0.2) is 0 Å². The molecular formula is C13H22N2O2. The first kappa shape index (κ1) is 12.6. The molecule has 0 aromatic heterocycles. The number of amides is 1. The molecule has 4 heteroatoms. The molecule has 0 aromatic rings. The van der Waals surface area contributed by atoms with Gasteiger partial charge in [-0.2, -0.15) is 0 Å². The Morgan fingerprint density at radius 1 is 1.06 bits per heavy atom. The van der Waals surface area contributed by atoms with Gasteiger partial charge in [-0.15, -0.1) is 0 Å². The van der Waals surface area contributed by atoms with E-state index in [4.69, 9.17) is 5.73 Å². The molecule has 0 aromatic carbocycles. The number of rotatable bonds is 4. The third kappa shape index (κ3) is 3.28. The molecule has 1 unspecified atom stereocenters. The molecule has 1 amide bonds. The summed E-state index contributed by atoms with van der Waals surface area (Å²) in [7, 11) is 0. The molecule has 2 fully saturated rings. The Balaban J connectivity index is 1.77. The Morgan fingerprint density at radius 3 is 2.35 bits per heavy atom. The monoisotopic (exact) mass is 238 g/mol. The maximum atomic E-state index is 12.1. The van der Waals surface area contributed by atoms with Gasteiger partial charge in [0.25, 0.3) is 0 Å². The van der Waals surface area contributed by atoms with Crippen molar-refractivity contribution in [2.24, 2.45) is 17.6 Å². The molecule has 1 atom stereocenters. The summed E-state index contributed by atoms with van der Waals surface area (Å²) in [5.41, 5.74) is 5.28. The molecule has 1 saturated heterocycles. The second-order valence-electron chi connectivity index (χ2n) is 5.42. The van der Waals surface area contributed by atoms with Crippen LogP contribution < -0.4 is 5.73 Å².